The lowest BCUT2D eigenvalue weighted by Gasteiger charge is -2.35. The van der Waals surface area contributed by atoms with Gasteiger partial charge in [-0.05, 0) is 60.9 Å². The molecule has 1 heterocycles. The molecule has 0 saturated heterocycles. The largest absolute Gasteiger partial charge is 0.497 e. The van der Waals surface area contributed by atoms with Crippen molar-refractivity contribution in [3.05, 3.63) is 70.4 Å². The van der Waals surface area contributed by atoms with Crippen molar-refractivity contribution in [1.29, 1.82) is 0 Å². The van der Waals surface area contributed by atoms with E-state index in [9.17, 15) is 18.3 Å². The van der Waals surface area contributed by atoms with Crippen molar-refractivity contribution in [2.45, 2.75) is 61.7 Å². The lowest BCUT2D eigenvalue weighted by atomic mass is 9.92. The first-order chi connectivity index (χ1) is 19.7. The number of methoxy groups -OCH3 is 1. The quantitative estimate of drug-likeness (QED) is 0.356. The molecule has 1 aliphatic carbocycles. The van der Waals surface area contributed by atoms with E-state index in [2.05, 4.69) is 15.9 Å². The lowest BCUT2D eigenvalue weighted by Crippen LogP contribution is -2.41. The Morgan fingerprint density at radius 1 is 1.05 bits per heavy atom. The average Bonchev–Trinajstić information content (AvgIpc) is 3.00. The van der Waals surface area contributed by atoms with E-state index < -0.39 is 16.3 Å². The predicted octanol–water partition coefficient (Wildman–Crippen LogP) is 4.66. The molecule has 2 aromatic rings. The van der Waals surface area contributed by atoms with Gasteiger partial charge in [0.1, 0.15) is 5.75 Å². The predicted molar refractivity (Wildman–Crippen MR) is 159 cm³/mol. The summed E-state index contributed by atoms with van der Waals surface area (Å²) in [5.74, 6) is 0.511. The van der Waals surface area contributed by atoms with Crippen molar-refractivity contribution in [2.24, 2.45) is 0 Å². The number of aliphatic hydroxyl groups excluding tert-OH is 1. The highest BCUT2D eigenvalue weighted by atomic mass is 79.9. The van der Waals surface area contributed by atoms with E-state index >= 15 is 0 Å². The molecule has 41 heavy (non-hydrogen) atoms. The molecule has 1 aliphatic heterocycles. The molecule has 0 bridgehead atoms. The van der Waals surface area contributed by atoms with Crippen LogP contribution in [0.25, 0.3) is 0 Å². The molecule has 2 aliphatic rings. The highest BCUT2D eigenvalue weighted by Crippen LogP contribution is 2.33. The molecule has 1 fully saturated rings. The number of carbonyl (C=O) groups excluding carboxylic acids is 1. The van der Waals surface area contributed by atoms with Crippen molar-refractivity contribution < 1.29 is 32.5 Å². The van der Waals surface area contributed by atoms with Gasteiger partial charge in [0.2, 0.25) is 16.3 Å². The molecule has 2 atom stereocenters. The van der Waals surface area contributed by atoms with Gasteiger partial charge < -0.3 is 24.2 Å². The van der Waals surface area contributed by atoms with Gasteiger partial charge in [-0.1, -0.05) is 47.3 Å². The van der Waals surface area contributed by atoms with Crippen LogP contribution < -0.4 is 4.74 Å². The summed E-state index contributed by atoms with van der Waals surface area (Å²) in [6.45, 7) is -0.393. The number of allylic oxidation sites excluding steroid dienone is 1. The summed E-state index contributed by atoms with van der Waals surface area (Å²) in [7, 11) is -0.535. The molecule has 0 aromatic heterocycles. The standard InChI is InChI=1S/C30H39BrN2O7S/c1-32(25-6-4-3-5-7-25)30(35)28-20-23(22-8-10-24(31)11-9-22)21-29(40-28)39-19-17-33(16-18-34)41(36,37)27-14-12-26(38-2)13-15-27/h8-15,20,23,25,29,34H,3-7,16-19,21H2,1-2H3/t23-,29+/m1/s1. The number of aliphatic hydroxyl groups is 1. The Balaban J connectivity index is 1.47. The second-order valence-electron chi connectivity index (χ2n) is 10.4. The average molecular weight is 652 g/mol. The Morgan fingerprint density at radius 2 is 1.73 bits per heavy atom. The number of rotatable bonds is 12. The third-order valence-electron chi connectivity index (χ3n) is 7.70. The maximum absolute atomic E-state index is 13.5. The van der Waals surface area contributed by atoms with E-state index in [0.717, 1.165) is 35.7 Å². The molecule has 11 heteroatoms. The summed E-state index contributed by atoms with van der Waals surface area (Å²) < 4.78 is 45.9. The Labute approximate surface area is 251 Å². The normalized spacial score (nSPS) is 19.9. The second kappa shape index (κ2) is 14.6. The fourth-order valence-electron chi connectivity index (χ4n) is 5.31. The minimum atomic E-state index is -3.88. The SMILES string of the molecule is COc1ccc(S(=O)(=O)N(CCO)CCO[C@@H]2C[C@H](c3ccc(Br)cc3)C=C(C(=O)N(C)C3CCCCC3)O2)cc1. The summed E-state index contributed by atoms with van der Waals surface area (Å²) in [5, 5.41) is 9.57. The number of hydrogen-bond acceptors (Lipinski definition) is 7. The number of ether oxygens (including phenoxy) is 3. The zero-order valence-corrected chi connectivity index (χ0v) is 26.0. The second-order valence-corrected chi connectivity index (χ2v) is 13.2. The van der Waals surface area contributed by atoms with Crippen molar-refractivity contribution in [3.8, 4) is 5.75 Å². The Kier molecular flexibility index (Phi) is 11.2. The van der Waals surface area contributed by atoms with Gasteiger partial charge in [-0.3, -0.25) is 4.79 Å². The summed E-state index contributed by atoms with van der Waals surface area (Å²) in [4.78, 5) is 15.4. The smallest absolute Gasteiger partial charge is 0.288 e. The molecule has 224 valence electrons. The zero-order valence-electron chi connectivity index (χ0n) is 23.6. The van der Waals surface area contributed by atoms with Crippen LogP contribution in [0.2, 0.25) is 0 Å². The number of likely N-dealkylation sites (N-methyl/N-ethyl adjacent to an activating group) is 1. The molecule has 4 rings (SSSR count). The number of halogens is 1. The fourth-order valence-corrected chi connectivity index (χ4v) is 6.99. The molecular weight excluding hydrogens is 612 g/mol. The zero-order chi connectivity index (χ0) is 29.4. The Bertz CT molecular complexity index is 1280. The van der Waals surface area contributed by atoms with Gasteiger partial charge >= 0.3 is 0 Å². The molecule has 9 nitrogen and oxygen atoms in total. The molecular formula is C30H39BrN2O7S. The van der Waals surface area contributed by atoms with Gasteiger partial charge in [0.15, 0.2) is 5.76 Å². The molecule has 1 saturated carbocycles. The van der Waals surface area contributed by atoms with Gasteiger partial charge in [-0.2, -0.15) is 4.31 Å². The van der Waals surface area contributed by atoms with Crippen LogP contribution in [-0.4, -0.2) is 81.4 Å². The first-order valence-electron chi connectivity index (χ1n) is 14.0. The Hall–Kier alpha value is -2.44. The topological polar surface area (TPSA) is 106 Å². The van der Waals surface area contributed by atoms with E-state index in [-0.39, 0.29) is 54.8 Å². The number of nitrogens with zero attached hydrogens (tertiary/aromatic N) is 2. The van der Waals surface area contributed by atoms with Crippen molar-refractivity contribution >= 4 is 31.9 Å². The Morgan fingerprint density at radius 3 is 2.37 bits per heavy atom. The minimum absolute atomic E-state index is 0.00665. The van der Waals surface area contributed by atoms with E-state index in [1.165, 1.54) is 30.0 Å². The van der Waals surface area contributed by atoms with Crippen LogP contribution >= 0.6 is 15.9 Å². The maximum atomic E-state index is 13.5. The van der Waals surface area contributed by atoms with Crippen LogP contribution in [0.1, 0.15) is 50.0 Å². The summed E-state index contributed by atoms with van der Waals surface area (Å²) >= 11 is 3.48. The summed E-state index contributed by atoms with van der Waals surface area (Å²) in [6.07, 6.45) is 6.98. The van der Waals surface area contributed by atoms with Crippen LogP contribution in [0.3, 0.4) is 0 Å². The third kappa shape index (κ3) is 8.10. The van der Waals surface area contributed by atoms with Gasteiger partial charge in [0.25, 0.3) is 5.91 Å². The lowest BCUT2D eigenvalue weighted by molar-refractivity contribution is -0.153. The van der Waals surface area contributed by atoms with Crippen molar-refractivity contribution in [2.75, 3.05) is 40.5 Å². The van der Waals surface area contributed by atoms with E-state index in [4.69, 9.17) is 14.2 Å². The molecule has 0 unspecified atom stereocenters. The van der Waals surface area contributed by atoms with E-state index in [0.29, 0.717) is 12.2 Å². The summed E-state index contributed by atoms with van der Waals surface area (Å²) in [6, 6.07) is 14.2. The van der Waals surface area contributed by atoms with Crippen molar-refractivity contribution in [3.63, 3.8) is 0 Å². The maximum Gasteiger partial charge on any atom is 0.288 e. The number of carbonyl (C=O) groups is 1. The van der Waals surface area contributed by atoms with Gasteiger partial charge in [-0.25, -0.2) is 8.42 Å². The summed E-state index contributed by atoms with van der Waals surface area (Å²) in [5.41, 5.74) is 1.03. The van der Waals surface area contributed by atoms with Gasteiger partial charge in [0, 0.05) is 43.0 Å². The fraction of sp³-hybridized carbons (Fsp3) is 0.500. The number of hydrogen-bond donors (Lipinski definition) is 1. The van der Waals surface area contributed by atoms with Gasteiger partial charge in [0.05, 0.1) is 25.2 Å². The van der Waals surface area contributed by atoms with Crippen molar-refractivity contribution in [1.82, 2.24) is 9.21 Å². The molecule has 1 amide bonds. The molecule has 1 N–H and O–H groups in total. The molecule has 0 radical (unpaired) electrons. The number of sulfonamides is 1. The van der Waals surface area contributed by atoms with Crippen LogP contribution in [0.5, 0.6) is 5.75 Å². The van der Waals surface area contributed by atoms with E-state index in [1.807, 2.05) is 37.4 Å². The highest BCUT2D eigenvalue weighted by Gasteiger charge is 2.33. The monoisotopic (exact) mass is 650 g/mol. The van der Waals surface area contributed by atoms with Crippen LogP contribution in [0.15, 0.2) is 69.7 Å². The first-order valence-corrected chi connectivity index (χ1v) is 16.2. The highest BCUT2D eigenvalue weighted by molar-refractivity contribution is 9.10. The van der Waals surface area contributed by atoms with Crippen LogP contribution in [0.4, 0.5) is 0 Å². The molecule has 2 aromatic carbocycles. The van der Waals surface area contributed by atoms with Gasteiger partial charge in [-0.15, -0.1) is 0 Å². The van der Waals surface area contributed by atoms with E-state index in [1.54, 1.807) is 17.0 Å². The number of amides is 1. The minimum Gasteiger partial charge on any atom is -0.497 e. The number of benzene rings is 2. The first kappa shape index (κ1) is 31.5. The van der Waals surface area contributed by atoms with Crippen LogP contribution in [-0.2, 0) is 24.3 Å². The third-order valence-corrected chi connectivity index (χ3v) is 10.1. The van der Waals surface area contributed by atoms with Crippen LogP contribution in [0, 0.1) is 0 Å². The molecule has 0 spiro atoms.